The molecule has 0 saturated carbocycles. The first-order valence-electron chi connectivity index (χ1n) is 6.24. The van der Waals surface area contributed by atoms with Gasteiger partial charge in [0.1, 0.15) is 0 Å². The summed E-state index contributed by atoms with van der Waals surface area (Å²) in [6.45, 7) is 3.71. The van der Waals surface area contributed by atoms with E-state index in [2.05, 4.69) is 36.0 Å². The van der Waals surface area contributed by atoms with Crippen molar-refractivity contribution in [3.05, 3.63) is 17.0 Å². The third-order valence-corrected chi connectivity index (χ3v) is 4.30. The van der Waals surface area contributed by atoms with Crippen molar-refractivity contribution in [2.24, 2.45) is 0 Å². The van der Waals surface area contributed by atoms with E-state index in [4.69, 9.17) is 0 Å². The minimum absolute atomic E-state index is 1.19. The average Bonchev–Trinajstić information content (AvgIpc) is 2.85. The van der Waals surface area contributed by atoms with Crippen LogP contribution in [0.1, 0.15) is 24.1 Å². The van der Waals surface area contributed by atoms with E-state index >= 15 is 0 Å². The van der Waals surface area contributed by atoms with Crippen LogP contribution in [-0.2, 0) is 6.42 Å². The fourth-order valence-electron chi connectivity index (χ4n) is 2.18. The molecule has 16 heavy (non-hydrogen) atoms. The third kappa shape index (κ3) is 3.22. The molecule has 1 aliphatic rings. The molecule has 0 atom stereocenters. The SMILES string of the molecule is CN(C)CCCc1ccc(N2CCCC2)s1. The topological polar surface area (TPSA) is 6.48 Å². The summed E-state index contributed by atoms with van der Waals surface area (Å²) in [5, 5.41) is 1.48. The molecule has 1 aromatic heterocycles. The molecule has 2 nitrogen and oxygen atoms in total. The van der Waals surface area contributed by atoms with Gasteiger partial charge in [-0.2, -0.15) is 0 Å². The van der Waals surface area contributed by atoms with Crippen molar-refractivity contribution in [1.82, 2.24) is 4.90 Å². The van der Waals surface area contributed by atoms with Gasteiger partial charge in [-0.3, -0.25) is 0 Å². The molecule has 2 heterocycles. The molecule has 2 rings (SSSR count). The van der Waals surface area contributed by atoms with Gasteiger partial charge in [0, 0.05) is 18.0 Å². The van der Waals surface area contributed by atoms with Crippen LogP contribution in [0.25, 0.3) is 0 Å². The smallest absolute Gasteiger partial charge is 0.0911 e. The second-order valence-corrected chi connectivity index (χ2v) is 5.99. The summed E-state index contributed by atoms with van der Waals surface area (Å²) in [5.74, 6) is 0. The molecular weight excluding hydrogens is 216 g/mol. The Labute approximate surface area is 103 Å². The first-order chi connectivity index (χ1) is 7.75. The van der Waals surface area contributed by atoms with Crippen molar-refractivity contribution in [2.45, 2.75) is 25.7 Å². The van der Waals surface area contributed by atoms with Crippen LogP contribution in [0.5, 0.6) is 0 Å². The van der Waals surface area contributed by atoms with Crippen molar-refractivity contribution in [3.8, 4) is 0 Å². The standard InChI is InChI=1S/C13H22N2S/c1-14(2)9-5-6-12-7-8-13(16-12)15-10-3-4-11-15/h7-8H,3-6,9-11H2,1-2H3. The molecule has 0 unspecified atom stereocenters. The molecule has 0 aromatic carbocycles. The van der Waals surface area contributed by atoms with Gasteiger partial charge in [-0.25, -0.2) is 0 Å². The zero-order valence-corrected chi connectivity index (χ0v) is 11.2. The molecular formula is C13H22N2S. The van der Waals surface area contributed by atoms with Crippen molar-refractivity contribution >= 4 is 16.3 Å². The summed E-state index contributed by atoms with van der Waals surface area (Å²) in [7, 11) is 4.29. The quantitative estimate of drug-likeness (QED) is 0.778. The Morgan fingerprint density at radius 2 is 2.00 bits per heavy atom. The lowest BCUT2D eigenvalue weighted by Gasteiger charge is -2.14. The van der Waals surface area contributed by atoms with Gasteiger partial charge < -0.3 is 9.80 Å². The van der Waals surface area contributed by atoms with Crippen LogP contribution >= 0.6 is 11.3 Å². The van der Waals surface area contributed by atoms with E-state index in [1.54, 1.807) is 4.88 Å². The van der Waals surface area contributed by atoms with Gasteiger partial charge in [-0.05, 0) is 58.5 Å². The monoisotopic (exact) mass is 238 g/mol. The molecule has 1 aliphatic heterocycles. The van der Waals surface area contributed by atoms with E-state index in [0.717, 1.165) is 0 Å². The Bertz CT molecular complexity index is 313. The van der Waals surface area contributed by atoms with E-state index < -0.39 is 0 Å². The van der Waals surface area contributed by atoms with Crippen LogP contribution in [0, 0.1) is 0 Å². The summed E-state index contributed by atoms with van der Waals surface area (Å²) in [6, 6.07) is 4.62. The highest BCUT2D eigenvalue weighted by molar-refractivity contribution is 7.16. The number of aryl methyl sites for hydroxylation is 1. The van der Waals surface area contributed by atoms with Crippen LogP contribution in [-0.4, -0.2) is 38.6 Å². The first kappa shape index (κ1) is 11.9. The molecule has 0 N–H and O–H groups in total. The Morgan fingerprint density at radius 3 is 2.69 bits per heavy atom. The molecule has 0 aliphatic carbocycles. The largest absolute Gasteiger partial charge is 0.363 e. The van der Waals surface area contributed by atoms with Crippen LogP contribution in [0.2, 0.25) is 0 Å². The van der Waals surface area contributed by atoms with E-state index in [1.165, 1.54) is 50.3 Å². The highest BCUT2D eigenvalue weighted by atomic mass is 32.1. The molecule has 0 amide bonds. The summed E-state index contributed by atoms with van der Waals surface area (Å²) in [6.07, 6.45) is 5.24. The lowest BCUT2D eigenvalue weighted by molar-refractivity contribution is 0.401. The molecule has 1 fully saturated rings. The summed E-state index contributed by atoms with van der Waals surface area (Å²) < 4.78 is 0. The highest BCUT2D eigenvalue weighted by Crippen LogP contribution is 2.29. The maximum absolute atomic E-state index is 2.53. The van der Waals surface area contributed by atoms with Gasteiger partial charge in [0.05, 0.1) is 5.00 Å². The first-order valence-corrected chi connectivity index (χ1v) is 7.06. The number of thiophene rings is 1. The van der Waals surface area contributed by atoms with Crippen LogP contribution in [0.15, 0.2) is 12.1 Å². The number of nitrogens with zero attached hydrogens (tertiary/aromatic N) is 2. The van der Waals surface area contributed by atoms with E-state index in [9.17, 15) is 0 Å². The zero-order chi connectivity index (χ0) is 11.4. The molecule has 3 heteroatoms. The van der Waals surface area contributed by atoms with E-state index in [0.29, 0.717) is 0 Å². The van der Waals surface area contributed by atoms with Crippen molar-refractivity contribution in [1.29, 1.82) is 0 Å². The van der Waals surface area contributed by atoms with Crippen LogP contribution < -0.4 is 4.90 Å². The Hall–Kier alpha value is -0.540. The predicted octanol–water partition coefficient (Wildman–Crippen LogP) is 2.84. The minimum atomic E-state index is 1.19. The number of rotatable bonds is 5. The summed E-state index contributed by atoms with van der Waals surface area (Å²) in [4.78, 5) is 6.33. The average molecular weight is 238 g/mol. The Morgan fingerprint density at radius 1 is 1.25 bits per heavy atom. The second kappa shape index (κ2) is 5.69. The number of hydrogen-bond acceptors (Lipinski definition) is 3. The predicted molar refractivity (Wildman–Crippen MR) is 72.6 cm³/mol. The van der Waals surface area contributed by atoms with E-state index in [-0.39, 0.29) is 0 Å². The van der Waals surface area contributed by atoms with Crippen molar-refractivity contribution in [3.63, 3.8) is 0 Å². The molecule has 0 radical (unpaired) electrons. The van der Waals surface area contributed by atoms with Crippen molar-refractivity contribution in [2.75, 3.05) is 38.6 Å². The molecule has 0 bridgehead atoms. The van der Waals surface area contributed by atoms with E-state index in [1.807, 2.05) is 11.3 Å². The minimum Gasteiger partial charge on any atom is -0.363 e. The Kier molecular flexibility index (Phi) is 4.24. The molecule has 1 aromatic rings. The molecule has 0 spiro atoms. The fourth-order valence-corrected chi connectivity index (χ4v) is 3.28. The highest BCUT2D eigenvalue weighted by Gasteiger charge is 2.13. The normalized spacial score (nSPS) is 16.3. The lowest BCUT2D eigenvalue weighted by Crippen LogP contribution is -2.15. The van der Waals surface area contributed by atoms with Gasteiger partial charge in [0.2, 0.25) is 0 Å². The van der Waals surface area contributed by atoms with Crippen molar-refractivity contribution < 1.29 is 0 Å². The second-order valence-electron chi connectivity index (χ2n) is 4.84. The van der Waals surface area contributed by atoms with Crippen LogP contribution in [0.3, 0.4) is 0 Å². The molecule has 90 valence electrons. The fraction of sp³-hybridized carbons (Fsp3) is 0.692. The molecule has 1 saturated heterocycles. The Balaban J connectivity index is 1.82. The lowest BCUT2D eigenvalue weighted by atomic mass is 10.2. The zero-order valence-electron chi connectivity index (χ0n) is 10.4. The maximum atomic E-state index is 2.53. The van der Waals surface area contributed by atoms with Gasteiger partial charge in [0.25, 0.3) is 0 Å². The van der Waals surface area contributed by atoms with Gasteiger partial charge in [-0.15, -0.1) is 11.3 Å². The summed E-state index contributed by atoms with van der Waals surface area (Å²) >= 11 is 1.99. The maximum Gasteiger partial charge on any atom is 0.0911 e. The number of hydrogen-bond donors (Lipinski definition) is 0. The summed E-state index contributed by atoms with van der Waals surface area (Å²) in [5.41, 5.74) is 0. The van der Waals surface area contributed by atoms with Gasteiger partial charge in [-0.1, -0.05) is 0 Å². The number of anilines is 1. The van der Waals surface area contributed by atoms with Gasteiger partial charge in [0.15, 0.2) is 0 Å². The van der Waals surface area contributed by atoms with Crippen LogP contribution in [0.4, 0.5) is 5.00 Å². The van der Waals surface area contributed by atoms with Gasteiger partial charge >= 0.3 is 0 Å². The third-order valence-electron chi connectivity index (χ3n) is 3.09.